The molecule has 14 heavy (non-hydrogen) atoms. The Hall–Kier alpha value is -2.24. The molecular formula is C8H6N6. The van der Waals surface area contributed by atoms with Crippen molar-refractivity contribution in [3.63, 3.8) is 0 Å². The van der Waals surface area contributed by atoms with Gasteiger partial charge in [0.1, 0.15) is 0 Å². The van der Waals surface area contributed by atoms with Gasteiger partial charge in [-0.05, 0) is 16.5 Å². The van der Waals surface area contributed by atoms with Crippen LogP contribution >= 0.6 is 0 Å². The highest BCUT2D eigenvalue weighted by molar-refractivity contribution is 5.91. The van der Waals surface area contributed by atoms with Gasteiger partial charge in [0.05, 0.1) is 11.7 Å². The third-order valence-electron chi connectivity index (χ3n) is 2.12. The van der Waals surface area contributed by atoms with Crippen LogP contribution in [0.3, 0.4) is 0 Å². The van der Waals surface area contributed by atoms with E-state index in [1.54, 1.807) is 23.0 Å². The Kier molecular flexibility index (Phi) is 1.22. The molecule has 0 radical (unpaired) electrons. The fourth-order valence-electron chi connectivity index (χ4n) is 1.47. The van der Waals surface area contributed by atoms with Crippen molar-refractivity contribution >= 4 is 22.2 Å². The van der Waals surface area contributed by atoms with Gasteiger partial charge in [0.15, 0.2) is 5.65 Å². The average Bonchev–Trinajstić information content (AvgIpc) is 2.66. The van der Waals surface area contributed by atoms with E-state index >= 15 is 0 Å². The number of nitrogens with two attached hydrogens (primary N) is 1. The minimum absolute atomic E-state index is 0.628. The number of pyridine rings is 2. The van der Waals surface area contributed by atoms with Gasteiger partial charge in [0.25, 0.3) is 0 Å². The van der Waals surface area contributed by atoms with Crippen LogP contribution in [0.5, 0.6) is 0 Å². The Morgan fingerprint density at radius 2 is 2.29 bits per heavy atom. The molecule has 0 aromatic carbocycles. The molecule has 0 amide bonds. The van der Waals surface area contributed by atoms with Gasteiger partial charge in [0, 0.05) is 23.3 Å². The lowest BCUT2D eigenvalue weighted by Crippen LogP contribution is -1.95. The van der Waals surface area contributed by atoms with E-state index in [4.69, 9.17) is 5.73 Å². The van der Waals surface area contributed by atoms with E-state index in [9.17, 15) is 0 Å². The van der Waals surface area contributed by atoms with E-state index in [1.807, 2.05) is 6.07 Å². The topological polar surface area (TPSA) is 82.0 Å². The highest BCUT2D eigenvalue weighted by Gasteiger charge is 2.05. The molecule has 68 valence electrons. The molecule has 0 saturated carbocycles. The summed E-state index contributed by atoms with van der Waals surface area (Å²) in [6, 6.07) is 3.58. The molecule has 0 bridgehead atoms. The molecule has 0 aliphatic rings. The quantitative estimate of drug-likeness (QED) is 0.544. The number of hydrogen-bond donors (Lipinski definition) is 1. The number of hydrogen-bond acceptors (Lipinski definition) is 5. The maximum atomic E-state index is 5.84. The number of fused-ring (bicyclic) bond motifs is 3. The van der Waals surface area contributed by atoms with Crippen LogP contribution in [0.25, 0.3) is 16.6 Å². The smallest absolute Gasteiger partial charge is 0.182 e. The zero-order chi connectivity index (χ0) is 9.54. The van der Waals surface area contributed by atoms with Crippen LogP contribution in [-0.2, 0) is 0 Å². The standard InChI is InChI=1S/C8H6N6/c9-6-3-8-11-12-13-14(8)7-4-10-2-1-5(6)7/h1-4H,9H2. The molecule has 0 fully saturated rings. The minimum Gasteiger partial charge on any atom is -0.398 e. The van der Waals surface area contributed by atoms with Crippen molar-refractivity contribution in [2.24, 2.45) is 0 Å². The number of anilines is 1. The second-order valence-corrected chi connectivity index (χ2v) is 2.94. The molecule has 6 heteroatoms. The summed E-state index contributed by atoms with van der Waals surface area (Å²) in [5.41, 5.74) is 7.94. The Morgan fingerprint density at radius 1 is 1.36 bits per heavy atom. The zero-order valence-electron chi connectivity index (χ0n) is 7.12. The lowest BCUT2D eigenvalue weighted by atomic mass is 10.2. The molecule has 2 N–H and O–H groups in total. The highest BCUT2D eigenvalue weighted by atomic mass is 15.5. The molecule has 0 unspecified atom stereocenters. The van der Waals surface area contributed by atoms with Crippen molar-refractivity contribution in [1.82, 2.24) is 25.0 Å². The average molecular weight is 186 g/mol. The van der Waals surface area contributed by atoms with Gasteiger partial charge >= 0.3 is 0 Å². The fourth-order valence-corrected chi connectivity index (χ4v) is 1.47. The van der Waals surface area contributed by atoms with Gasteiger partial charge in [-0.15, -0.1) is 5.10 Å². The van der Waals surface area contributed by atoms with Crippen LogP contribution in [-0.4, -0.2) is 25.0 Å². The minimum atomic E-state index is 0.628. The lowest BCUT2D eigenvalue weighted by molar-refractivity contribution is 0.840. The van der Waals surface area contributed by atoms with Crippen molar-refractivity contribution in [3.8, 4) is 0 Å². The van der Waals surface area contributed by atoms with Gasteiger partial charge in [0.2, 0.25) is 0 Å². The number of tetrazole rings is 1. The van der Waals surface area contributed by atoms with Crippen LogP contribution in [0, 0.1) is 0 Å². The van der Waals surface area contributed by atoms with E-state index in [-0.39, 0.29) is 0 Å². The molecule has 0 saturated heterocycles. The summed E-state index contributed by atoms with van der Waals surface area (Å²) in [4.78, 5) is 4.01. The van der Waals surface area contributed by atoms with Crippen LogP contribution in [0.4, 0.5) is 5.69 Å². The Morgan fingerprint density at radius 3 is 3.21 bits per heavy atom. The van der Waals surface area contributed by atoms with Gasteiger partial charge in [-0.25, -0.2) is 0 Å². The molecular weight excluding hydrogens is 180 g/mol. The summed E-state index contributed by atoms with van der Waals surface area (Å²) in [6.45, 7) is 0. The molecule has 0 spiro atoms. The molecule has 0 aliphatic heterocycles. The zero-order valence-corrected chi connectivity index (χ0v) is 7.12. The predicted molar refractivity (Wildman–Crippen MR) is 50.5 cm³/mol. The van der Waals surface area contributed by atoms with E-state index in [2.05, 4.69) is 20.5 Å². The van der Waals surface area contributed by atoms with Crippen LogP contribution in [0.1, 0.15) is 0 Å². The summed E-state index contributed by atoms with van der Waals surface area (Å²) in [7, 11) is 0. The molecule has 3 rings (SSSR count). The largest absolute Gasteiger partial charge is 0.398 e. The first-order chi connectivity index (χ1) is 6.86. The van der Waals surface area contributed by atoms with Crippen molar-refractivity contribution in [3.05, 3.63) is 24.5 Å². The van der Waals surface area contributed by atoms with E-state index < -0.39 is 0 Å². The second-order valence-electron chi connectivity index (χ2n) is 2.94. The predicted octanol–water partition coefficient (Wildman–Crippen LogP) is 0.255. The monoisotopic (exact) mass is 186 g/mol. The maximum Gasteiger partial charge on any atom is 0.182 e. The summed E-state index contributed by atoms with van der Waals surface area (Å²) in [5, 5.41) is 12.1. The fraction of sp³-hybridized carbons (Fsp3) is 0. The Labute approximate surface area is 78.4 Å². The van der Waals surface area contributed by atoms with E-state index in [0.29, 0.717) is 11.3 Å². The molecule has 0 atom stereocenters. The van der Waals surface area contributed by atoms with Crippen molar-refractivity contribution < 1.29 is 0 Å². The SMILES string of the molecule is Nc1cc2nnnn2c2cnccc12. The Bertz CT molecular complexity index is 613. The molecule has 6 nitrogen and oxygen atoms in total. The van der Waals surface area contributed by atoms with Crippen LogP contribution in [0.2, 0.25) is 0 Å². The summed E-state index contributed by atoms with van der Waals surface area (Å²) < 4.78 is 1.61. The molecule has 3 aromatic rings. The van der Waals surface area contributed by atoms with Gasteiger partial charge in [-0.2, -0.15) is 4.52 Å². The number of nitrogen functional groups attached to an aromatic ring is 1. The molecule has 3 aromatic heterocycles. The third-order valence-corrected chi connectivity index (χ3v) is 2.12. The van der Waals surface area contributed by atoms with Crippen molar-refractivity contribution in [2.45, 2.75) is 0 Å². The Balaban J connectivity index is 2.67. The maximum absolute atomic E-state index is 5.84. The number of aromatic nitrogens is 5. The van der Waals surface area contributed by atoms with Gasteiger partial charge in [-0.1, -0.05) is 0 Å². The number of rotatable bonds is 0. The van der Waals surface area contributed by atoms with Crippen LogP contribution in [0.15, 0.2) is 24.5 Å². The summed E-state index contributed by atoms with van der Waals surface area (Å²) in [6.07, 6.45) is 3.38. The third kappa shape index (κ3) is 0.792. The first-order valence-electron chi connectivity index (χ1n) is 4.06. The first kappa shape index (κ1) is 7.19. The molecule has 3 heterocycles. The summed E-state index contributed by atoms with van der Waals surface area (Å²) in [5.74, 6) is 0. The van der Waals surface area contributed by atoms with Gasteiger partial charge < -0.3 is 5.73 Å². The molecule has 0 aliphatic carbocycles. The summed E-state index contributed by atoms with van der Waals surface area (Å²) >= 11 is 0. The first-order valence-corrected chi connectivity index (χ1v) is 4.06. The second kappa shape index (κ2) is 2.38. The van der Waals surface area contributed by atoms with E-state index in [1.165, 1.54) is 0 Å². The van der Waals surface area contributed by atoms with Crippen molar-refractivity contribution in [2.75, 3.05) is 5.73 Å². The van der Waals surface area contributed by atoms with E-state index in [0.717, 1.165) is 10.9 Å². The normalized spacial score (nSPS) is 11.1. The number of nitrogens with zero attached hydrogens (tertiary/aromatic N) is 5. The lowest BCUT2D eigenvalue weighted by Gasteiger charge is -2.01. The van der Waals surface area contributed by atoms with Crippen molar-refractivity contribution in [1.29, 1.82) is 0 Å². The van der Waals surface area contributed by atoms with Crippen LogP contribution < -0.4 is 5.73 Å². The highest BCUT2D eigenvalue weighted by Crippen LogP contribution is 2.20. The van der Waals surface area contributed by atoms with Gasteiger partial charge in [-0.3, -0.25) is 4.98 Å².